The van der Waals surface area contributed by atoms with E-state index in [4.69, 9.17) is 5.10 Å². The highest BCUT2D eigenvalue weighted by molar-refractivity contribution is 5.13. The molecule has 2 rings (SSSR count). The van der Waals surface area contributed by atoms with Gasteiger partial charge in [-0.15, -0.1) is 0 Å². The van der Waals surface area contributed by atoms with Gasteiger partial charge in [0.25, 0.3) is 0 Å². The van der Waals surface area contributed by atoms with Crippen LogP contribution in [0, 0.1) is 0 Å². The zero-order valence-corrected chi connectivity index (χ0v) is 10.9. The zero-order chi connectivity index (χ0) is 11.6. The van der Waals surface area contributed by atoms with Gasteiger partial charge in [0, 0.05) is 11.6 Å². The molecule has 0 N–H and O–H groups in total. The van der Waals surface area contributed by atoms with Crippen LogP contribution in [0.4, 0.5) is 0 Å². The maximum atomic E-state index is 4.82. The van der Waals surface area contributed by atoms with Crippen LogP contribution in [-0.2, 0) is 5.41 Å². The van der Waals surface area contributed by atoms with Gasteiger partial charge in [0.1, 0.15) is 0 Å². The molecule has 0 atom stereocenters. The topological polar surface area (TPSA) is 17.8 Å². The first-order valence-corrected chi connectivity index (χ1v) is 6.75. The summed E-state index contributed by atoms with van der Waals surface area (Å²) < 4.78 is 2.21. The molecule has 2 heteroatoms. The average molecular weight is 220 g/mol. The quantitative estimate of drug-likeness (QED) is 0.747. The van der Waals surface area contributed by atoms with Crippen LogP contribution in [0.3, 0.4) is 0 Å². The molecule has 1 fully saturated rings. The van der Waals surface area contributed by atoms with E-state index in [1.54, 1.807) is 0 Å². The van der Waals surface area contributed by atoms with E-state index in [0.29, 0.717) is 6.04 Å². The van der Waals surface area contributed by atoms with Crippen LogP contribution in [0.2, 0.25) is 0 Å². The molecule has 1 aliphatic rings. The van der Waals surface area contributed by atoms with E-state index in [1.165, 1.54) is 44.2 Å². The second-order valence-electron chi connectivity index (χ2n) is 5.39. The van der Waals surface area contributed by atoms with Crippen molar-refractivity contribution >= 4 is 0 Å². The molecule has 1 aliphatic carbocycles. The lowest BCUT2D eigenvalue weighted by molar-refractivity contribution is 0.401. The number of nitrogens with zero attached hydrogens (tertiary/aromatic N) is 2. The van der Waals surface area contributed by atoms with Gasteiger partial charge in [-0.1, -0.05) is 33.6 Å². The summed E-state index contributed by atoms with van der Waals surface area (Å²) >= 11 is 0. The molecule has 1 saturated carbocycles. The molecule has 1 aromatic heterocycles. The third-order valence-corrected chi connectivity index (χ3v) is 4.49. The van der Waals surface area contributed by atoms with Crippen LogP contribution in [0.25, 0.3) is 0 Å². The van der Waals surface area contributed by atoms with E-state index in [1.807, 2.05) is 0 Å². The van der Waals surface area contributed by atoms with Crippen LogP contribution in [-0.4, -0.2) is 9.78 Å². The van der Waals surface area contributed by atoms with Crippen molar-refractivity contribution in [1.29, 1.82) is 0 Å². The molecule has 2 nitrogen and oxygen atoms in total. The van der Waals surface area contributed by atoms with Crippen LogP contribution in [0.15, 0.2) is 12.3 Å². The summed E-state index contributed by atoms with van der Waals surface area (Å²) in [6.07, 6.45) is 9.91. The Labute approximate surface area is 99.0 Å². The Morgan fingerprint density at radius 1 is 1.31 bits per heavy atom. The van der Waals surface area contributed by atoms with E-state index in [-0.39, 0.29) is 5.41 Å². The van der Waals surface area contributed by atoms with Crippen LogP contribution in [0.5, 0.6) is 0 Å². The Balaban J connectivity index is 2.17. The first kappa shape index (κ1) is 11.7. The van der Waals surface area contributed by atoms with Crippen molar-refractivity contribution in [2.24, 2.45) is 0 Å². The maximum absolute atomic E-state index is 4.82. The van der Waals surface area contributed by atoms with E-state index in [2.05, 4.69) is 37.7 Å². The lowest BCUT2D eigenvalue weighted by Gasteiger charge is -2.24. The van der Waals surface area contributed by atoms with E-state index >= 15 is 0 Å². The SMILES string of the molecule is CCC(C)(CC)c1ccn(C2CCCC2)n1. The fourth-order valence-corrected chi connectivity index (χ4v) is 2.64. The molecule has 0 radical (unpaired) electrons. The monoisotopic (exact) mass is 220 g/mol. The lowest BCUT2D eigenvalue weighted by Crippen LogP contribution is -2.21. The Morgan fingerprint density at radius 3 is 2.50 bits per heavy atom. The van der Waals surface area contributed by atoms with E-state index in [0.717, 1.165) is 0 Å². The van der Waals surface area contributed by atoms with Crippen LogP contribution >= 0.6 is 0 Å². The van der Waals surface area contributed by atoms with Crippen molar-refractivity contribution in [3.05, 3.63) is 18.0 Å². The minimum atomic E-state index is 0.268. The summed E-state index contributed by atoms with van der Waals surface area (Å²) in [4.78, 5) is 0. The summed E-state index contributed by atoms with van der Waals surface area (Å²) in [5, 5.41) is 4.82. The average Bonchev–Trinajstić information content (AvgIpc) is 2.97. The van der Waals surface area contributed by atoms with Gasteiger partial charge in [0.2, 0.25) is 0 Å². The molecule has 16 heavy (non-hydrogen) atoms. The number of hydrogen-bond acceptors (Lipinski definition) is 1. The van der Waals surface area contributed by atoms with Gasteiger partial charge in [0.15, 0.2) is 0 Å². The smallest absolute Gasteiger partial charge is 0.0683 e. The van der Waals surface area contributed by atoms with Crippen molar-refractivity contribution in [2.45, 2.75) is 70.8 Å². The highest BCUT2D eigenvalue weighted by Gasteiger charge is 2.26. The second kappa shape index (κ2) is 4.60. The molecule has 1 heterocycles. The van der Waals surface area contributed by atoms with Crippen LogP contribution in [0.1, 0.15) is 71.0 Å². The van der Waals surface area contributed by atoms with Gasteiger partial charge in [-0.2, -0.15) is 5.10 Å². The molecule has 1 aromatic rings. The molecule has 0 spiro atoms. The zero-order valence-electron chi connectivity index (χ0n) is 10.9. The van der Waals surface area contributed by atoms with Crippen molar-refractivity contribution in [2.75, 3.05) is 0 Å². The summed E-state index contributed by atoms with van der Waals surface area (Å²) in [5.74, 6) is 0. The highest BCUT2D eigenvalue weighted by Crippen LogP contribution is 2.32. The Kier molecular flexibility index (Phi) is 3.36. The highest BCUT2D eigenvalue weighted by atomic mass is 15.3. The first-order valence-electron chi connectivity index (χ1n) is 6.75. The molecular weight excluding hydrogens is 196 g/mol. The Morgan fingerprint density at radius 2 is 1.94 bits per heavy atom. The van der Waals surface area contributed by atoms with E-state index in [9.17, 15) is 0 Å². The van der Waals surface area contributed by atoms with Gasteiger partial charge in [-0.3, -0.25) is 4.68 Å². The fourth-order valence-electron chi connectivity index (χ4n) is 2.64. The largest absolute Gasteiger partial charge is 0.269 e. The normalized spacial score (nSPS) is 18.2. The standard InChI is InChI=1S/C14H24N2/c1-4-14(3,5-2)13-10-11-16(15-13)12-8-6-7-9-12/h10-12H,4-9H2,1-3H3. The van der Waals surface area contributed by atoms with Gasteiger partial charge in [-0.05, 0) is 31.7 Å². The van der Waals surface area contributed by atoms with Crippen molar-refractivity contribution in [1.82, 2.24) is 9.78 Å². The van der Waals surface area contributed by atoms with E-state index < -0.39 is 0 Å². The summed E-state index contributed by atoms with van der Waals surface area (Å²) in [7, 11) is 0. The lowest BCUT2D eigenvalue weighted by atomic mass is 9.82. The second-order valence-corrected chi connectivity index (χ2v) is 5.39. The fraction of sp³-hybridized carbons (Fsp3) is 0.786. The van der Waals surface area contributed by atoms with Gasteiger partial charge in [-0.25, -0.2) is 0 Å². The molecule has 0 aromatic carbocycles. The third-order valence-electron chi connectivity index (χ3n) is 4.49. The molecule has 0 saturated heterocycles. The predicted octanol–water partition coefficient (Wildman–Crippen LogP) is 4.08. The Bertz CT molecular complexity index is 330. The minimum Gasteiger partial charge on any atom is -0.269 e. The Hall–Kier alpha value is -0.790. The van der Waals surface area contributed by atoms with Crippen molar-refractivity contribution < 1.29 is 0 Å². The molecule has 0 amide bonds. The summed E-state index contributed by atoms with van der Waals surface area (Å²) in [6.45, 7) is 6.85. The molecular formula is C14H24N2. The predicted molar refractivity (Wildman–Crippen MR) is 67.7 cm³/mol. The van der Waals surface area contributed by atoms with Crippen molar-refractivity contribution in [3.63, 3.8) is 0 Å². The minimum absolute atomic E-state index is 0.268. The van der Waals surface area contributed by atoms with Gasteiger partial charge < -0.3 is 0 Å². The molecule has 0 unspecified atom stereocenters. The van der Waals surface area contributed by atoms with Crippen LogP contribution < -0.4 is 0 Å². The third kappa shape index (κ3) is 2.02. The number of hydrogen-bond donors (Lipinski definition) is 0. The number of aromatic nitrogens is 2. The number of rotatable bonds is 4. The first-order chi connectivity index (χ1) is 7.69. The van der Waals surface area contributed by atoms with Gasteiger partial charge in [0.05, 0.1) is 11.7 Å². The van der Waals surface area contributed by atoms with Crippen molar-refractivity contribution in [3.8, 4) is 0 Å². The van der Waals surface area contributed by atoms with Gasteiger partial charge >= 0.3 is 0 Å². The molecule has 0 aliphatic heterocycles. The maximum Gasteiger partial charge on any atom is 0.0683 e. The summed E-state index contributed by atoms with van der Waals surface area (Å²) in [5.41, 5.74) is 1.55. The summed E-state index contributed by atoms with van der Waals surface area (Å²) in [6, 6.07) is 2.90. The molecule has 0 bridgehead atoms. The molecule has 90 valence electrons.